The first-order chi connectivity index (χ1) is 13.1. The third-order valence-corrected chi connectivity index (χ3v) is 4.81. The van der Waals surface area contributed by atoms with Crippen molar-refractivity contribution in [2.75, 3.05) is 32.1 Å². The maximum atomic E-state index is 13.7. The summed E-state index contributed by atoms with van der Waals surface area (Å²) in [6.07, 6.45) is 0.754. The SMILES string of the molecule is CN(CCO)CCc1ccc2c(n1)CO/C2=C1/C(=O)Nc2ccc(F)cc21. The van der Waals surface area contributed by atoms with E-state index in [9.17, 15) is 9.18 Å². The molecular formula is C20H20FN3O3. The summed E-state index contributed by atoms with van der Waals surface area (Å²) in [7, 11) is 1.95. The number of nitrogens with zero attached hydrogens (tertiary/aromatic N) is 2. The first kappa shape index (κ1) is 17.6. The summed E-state index contributed by atoms with van der Waals surface area (Å²) >= 11 is 0. The van der Waals surface area contributed by atoms with E-state index in [2.05, 4.69) is 10.3 Å². The molecule has 2 aliphatic rings. The molecule has 6 nitrogen and oxygen atoms in total. The minimum atomic E-state index is -0.401. The number of fused-ring (bicyclic) bond motifs is 2. The van der Waals surface area contributed by atoms with E-state index >= 15 is 0 Å². The van der Waals surface area contributed by atoms with Crippen molar-refractivity contribution in [3.05, 3.63) is 58.7 Å². The molecule has 0 saturated carbocycles. The lowest BCUT2D eigenvalue weighted by Crippen LogP contribution is -2.24. The minimum absolute atomic E-state index is 0.128. The molecule has 140 valence electrons. The molecule has 1 aromatic heterocycles. The number of benzene rings is 1. The maximum Gasteiger partial charge on any atom is 0.260 e. The Hall–Kier alpha value is -2.77. The Kier molecular flexibility index (Phi) is 4.63. The van der Waals surface area contributed by atoms with E-state index in [1.807, 2.05) is 24.1 Å². The third-order valence-electron chi connectivity index (χ3n) is 4.81. The van der Waals surface area contributed by atoms with Crippen molar-refractivity contribution in [3.8, 4) is 0 Å². The number of nitrogens with one attached hydrogen (secondary N) is 1. The molecule has 0 radical (unpaired) electrons. The highest BCUT2D eigenvalue weighted by molar-refractivity contribution is 6.36. The number of hydrogen-bond donors (Lipinski definition) is 2. The van der Waals surface area contributed by atoms with Crippen molar-refractivity contribution >= 4 is 22.9 Å². The van der Waals surface area contributed by atoms with Crippen LogP contribution in [0.3, 0.4) is 0 Å². The second-order valence-corrected chi connectivity index (χ2v) is 6.71. The van der Waals surface area contributed by atoms with Gasteiger partial charge in [-0.05, 0) is 37.4 Å². The first-order valence-electron chi connectivity index (χ1n) is 8.83. The third kappa shape index (κ3) is 3.31. The number of halogens is 1. The summed E-state index contributed by atoms with van der Waals surface area (Å²) in [6.45, 7) is 1.82. The van der Waals surface area contributed by atoms with Gasteiger partial charge in [0.1, 0.15) is 18.2 Å². The number of amides is 1. The molecule has 0 atom stereocenters. The lowest BCUT2D eigenvalue weighted by atomic mass is 10.0. The summed E-state index contributed by atoms with van der Waals surface area (Å²) in [5.74, 6) is -0.251. The summed E-state index contributed by atoms with van der Waals surface area (Å²) in [6, 6.07) is 8.04. The number of aliphatic hydroxyl groups excluding tert-OH is 1. The van der Waals surface area contributed by atoms with Gasteiger partial charge in [-0.15, -0.1) is 0 Å². The molecule has 2 N–H and O–H groups in total. The number of ether oxygens (including phenoxy) is 1. The zero-order valence-corrected chi connectivity index (χ0v) is 15.0. The van der Waals surface area contributed by atoms with E-state index in [0.717, 1.165) is 29.9 Å². The largest absolute Gasteiger partial charge is 0.486 e. The topological polar surface area (TPSA) is 74.7 Å². The van der Waals surface area contributed by atoms with Gasteiger partial charge in [-0.2, -0.15) is 0 Å². The minimum Gasteiger partial charge on any atom is -0.486 e. The summed E-state index contributed by atoms with van der Waals surface area (Å²) in [5, 5.41) is 11.7. The van der Waals surface area contributed by atoms with Gasteiger partial charge in [0.05, 0.1) is 17.9 Å². The lowest BCUT2D eigenvalue weighted by Gasteiger charge is -2.14. The number of likely N-dealkylation sites (N-methyl/N-ethyl adjacent to an activating group) is 1. The molecular weight excluding hydrogens is 349 g/mol. The number of aliphatic hydroxyl groups is 1. The summed E-state index contributed by atoms with van der Waals surface area (Å²) in [5.41, 5.74) is 3.91. The highest BCUT2D eigenvalue weighted by Crippen LogP contribution is 2.41. The van der Waals surface area contributed by atoms with Gasteiger partial charge >= 0.3 is 0 Å². The van der Waals surface area contributed by atoms with Crippen LogP contribution in [-0.4, -0.2) is 47.6 Å². The van der Waals surface area contributed by atoms with Gasteiger partial charge in [0, 0.05) is 42.0 Å². The van der Waals surface area contributed by atoms with E-state index < -0.39 is 5.82 Å². The molecule has 0 saturated heterocycles. The number of carbonyl (C=O) groups excluding carboxylic acids is 1. The van der Waals surface area contributed by atoms with E-state index in [1.54, 1.807) is 6.07 Å². The van der Waals surface area contributed by atoms with Crippen molar-refractivity contribution in [1.29, 1.82) is 0 Å². The second kappa shape index (κ2) is 7.09. The van der Waals surface area contributed by atoms with Crippen LogP contribution in [0, 0.1) is 5.82 Å². The smallest absolute Gasteiger partial charge is 0.260 e. The van der Waals surface area contributed by atoms with Crippen LogP contribution in [0.15, 0.2) is 30.3 Å². The Labute approximate surface area is 156 Å². The molecule has 7 heteroatoms. The van der Waals surface area contributed by atoms with Crippen LogP contribution >= 0.6 is 0 Å². The van der Waals surface area contributed by atoms with E-state index in [4.69, 9.17) is 9.84 Å². The average Bonchev–Trinajstić information content (AvgIpc) is 3.19. The van der Waals surface area contributed by atoms with Crippen LogP contribution in [0.25, 0.3) is 11.3 Å². The Morgan fingerprint density at radius 2 is 2.11 bits per heavy atom. The Morgan fingerprint density at radius 1 is 1.26 bits per heavy atom. The molecule has 0 spiro atoms. The highest BCUT2D eigenvalue weighted by atomic mass is 19.1. The fraction of sp³-hybridized carbons (Fsp3) is 0.300. The molecule has 3 heterocycles. The van der Waals surface area contributed by atoms with Gasteiger partial charge in [0.25, 0.3) is 5.91 Å². The quantitative estimate of drug-likeness (QED) is 0.789. The molecule has 2 aliphatic heterocycles. The van der Waals surface area contributed by atoms with Gasteiger partial charge in [0.2, 0.25) is 0 Å². The number of aromatic nitrogens is 1. The Balaban J connectivity index is 1.64. The number of pyridine rings is 1. The van der Waals surface area contributed by atoms with E-state index in [-0.39, 0.29) is 19.1 Å². The van der Waals surface area contributed by atoms with E-state index in [1.165, 1.54) is 12.1 Å². The van der Waals surface area contributed by atoms with Gasteiger partial charge in [-0.1, -0.05) is 0 Å². The number of rotatable bonds is 5. The van der Waals surface area contributed by atoms with Crippen molar-refractivity contribution in [1.82, 2.24) is 9.88 Å². The van der Waals surface area contributed by atoms with Crippen LogP contribution in [-0.2, 0) is 22.6 Å². The van der Waals surface area contributed by atoms with Crippen molar-refractivity contribution in [2.24, 2.45) is 0 Å². The first-order valence-corrected chi connectivity index (χ1v) is 8.83. The fourth-order valence-corrected chi connectivity index (χ4v) is 3.38. The van der Waals surface area contributed by atoms with Crippen LogP contribution < -0.4 is 5.32 Å². The summed E-state index contributed by atoms with van der Waals surface area (Å²) < 4.78 is 19.5. The van der Waals surface area contributed by atoms with Crippen LogP contribution in [0.2, 0.25) is 0 Å². The molecule has 1 aromatic carbocycles. The number of hydrogen-bond acceptors (Lipinski definition) is 5. The number of anilines is 1. The van der Waals surface area contributed by atoms with Gasteiger partial charge in [0.15, 0.2) is 0 Å². The number of carbonyl (C=O) groups is 1. The van der Waals surface area contributed by atoms with Gasteiger partial charge in [-0.3, -0.25) is 9.78 Å². The average molecular weight is 369 g/mol. The van der Waals surface area contributed by atoms with Gasteiger partial charge in [-0.25, -0.2) is 4.39 Å². The highest BCUT2D eigenvalue weighted by Gasteiger charge is 2.33. The Morgan fingerprint density at radius 3 is 2.93 bits per heavy atom. The maximum absolute atomic E-state index is 13.7. The van der Waals surface area contributed by atoms with Crippen molar-refractivity contribution in [2.45, 2.75) is 13.0 Å². The molecule has 1 amide bonds. The predicted molar refractivity (Wildman–Crippen MR) is 99.2 cm³/mol. The zero-order chi connectivity index (χ0) is 19.0. The molecule has 2 aromatic rings. The normalized spacial score (nSPS) is 17.7. The molecule has 27 heavy (non-hydrogen) atoms. The predicted octanol–water partition coefficient (Wildman–Crippen LogP) is 2.04. The standard InChI is InChI=1S/C20H20FN3O3/c1-24(8-9-25)7-6-13-3-4-14-17(22-13)11-27-19(14)18-15-10-12(21)2-5-16(15)23-20(18)26/h2-5,10,25H,6-9,11H2,1H3,(H,23,26)/b19-18+. The second-order valence-electron chi connectivity index (χ2n) is 6.71. The van der Waals surface area contributed by atoms with Crippen LogP contribution in [0.5, 0.6) is 0 Å². The lowest BCUT2D eigenvalue weighted by molar-refractivity contribution is -0.110. The van der Waals surface area contributed by atoms with E-state index in [0.29, 0.717) is 29.1 Å². The monoisotopic (exact) mass is 369 g/mol. The van der Waals surface area contributed by atoms with Crippen molar-refractivity contribution < 1.29 is 19.0 Å². The van der Waals surface area contributed by atoms with Crippen molar-refractivity contribution in [3.63, 3.8) is 0 Å². The van der Waals surface area contributed by atoms with Crippen LogP contribution in [0.1, 0.15) is 22.5 Å². The molecule has 0 fully saturated rings. The molecule has 4 rings (SSSR count). The fourth-order valence-electron chi connectivity index (χ4n) is 3.38. The van der Waals surface area contributed by atoms with Crippen LogP contribution in [0.4, 0.5) is 10.1 Å². The molecule has 0 unspecified atom stereocenters. The van der Waals surface area contributed by atoms with Gasteiger partial charge < -0.3 is 20.1 Å². The summed E-state index contributed by atoms with van der Waals surface area (Å²) in [4.78, 5) is 19.1. The Bertz CT molecular complexity index is 942. The molecule has 0 aliphatic carbocycles. The zero-order valence-electron chi connectivity index (χ0n) is 15.0. The molecule has 0 bridgehead atoms.